The van der Waals surface area contributed by atoms with E-state index in [9.17, 15) is 4.79 Å². The summed E-state index contributed by atoms with van der Waals surface area (Å²) in [7, 11) is 0. The SMILES string of the molecule is CC(C)COc1cccc(C(=O)NC(CN)C2CC2)c1.Cl. The van der Waals surface area contributed by atoms with Crippen LogP contribution >= 0.6 is 12.4 Å². The maximum Gasteiger partial charge on any atom is 0.251 e. The number of hydrogen-bond acceptors (Lipinski definition) is 3. The Morgan fingerprint density at radius 1 is 1.43 bits per heavy atom. The van der Waals surface area contributed by atoms with Gasteiger partial charge in [0.2, 0.25) is 0 Å². The molecule has 4 nitrogen and oxygen atoms in total. The van der Waals surface area contributed by atoms with Gasteiger partial charge in [0.1, 0.15) is 5.75 Å². The molecule has 0 saturated heterocycles. The smallest absolute Gasteiger partial charge is 0.251 e. The lowest BCUT2D eigenvalue weighted by molar-refractivity contribution is 0.0933. The van der Waals surface area contributed by atoms with Crippen molar-refractivity contribution in [1.29, 1.82) is 0 Å². The van der Waals surface area contributed by atoms with E-state index in [1.165, 1.54) is 12.8 Å². The topological polar surface area (TPSA) is 64.3 Å². The molecule has 0 radical (unpaired) electrons. The first-order valence-electron chi connectivity index (χ1n) is 7.34. The van der Waals surface area contributed by atoms with Gasteiger partial charge in [-0.1, -0.05) is 19.9 Å². The van der Waals surface area contributed by atoms with Crippen molar-refractivity contribution in [1.82, 2.24) is 5.32 Å². The molecule has 1 aliphatic rings. The molecule has 1 unspecified atom stereocenters. The molecule has 1 atom stereocenters. The fraction of sp³-hybridized carbons (Fsp3) is 0.562. The molecule has 1 fully saturated rings. The quantitative estimate of drug-likeness (QED) is 0.813. The molecule has 5 heteroatoms. The monoisotopic (exact) mass is 312 g/mol. The first-order valence-corrected chi connectivity index (χ1v) is 7.34. The van der Waals surface area contributed by atoms with Gasteiger partial charge >= 0.3 is 0 Å². The maximum atomic E-state index is 12.2. The Bertz CT molecular complexity index is 461. The predicted octanol–water partition coefficient (Wildman–Crippen LogP) is 2.61. The summed E-state index contributed by atoms with van der Waals surface area (Å²) < 4.78 is 5.64. The highest BCUT2D eigenvalue weighted by atomic mass is 35.5. The Balaban J connectivity index is 0.00000220. The lowest BCUT2D eigenvalue weighted by Crippen LogP contribution is -2.41. The maximum absolute atomic E-state index is 12.2. The third-order valence-corrected chi connectivity index (χ3v) is 3.44. The van der Waals surface area contributed by atoms with Crippen molar-refractivity contribution >= 4 is 18.3 Å². The zero-order valence-electron chi connectivity index (χ0n) is 12.7. The van der Waals surface area contributed by atoms with E-state index in [0.29, 0.717) is 30.6 Å². The number of carbonyl (C=O) groups is 1. The number of halogens is 1. The molecule has 1 amide bonds. The van der Waals surface area contributed by atoms with Crippen LogP contribution in [0.2, 0.25) is 0 Å². The van der Waals surface area contributed by atoms with Gasteiger partial charge in [0.25, 0.3) is 5.91 Å². The number of nitrogens with one attached hydrogen (secondary N) is 1. The van der Waals surface area contributed by atoms with Crippen LogP contribution in [0.4, 0.5) is 0 Å². The van der Waals surface area contributed by atoms with Gasteiger partial charge in [-0.2, -0.15) is 0 Å². The third-order valence-electron chi connectivity index (χ3n) is 3.44. The minimum atomic E-state index is -0.0673. The van der Waals surface area contributed by atoms with Crippen LogP contribution in [0, 0.1) is 11.8 Å². The molecule has 2 rings (SSSR count). The van der Waals surface area contributed by atoms with Gasteiger partial charge in [-0.15, -0.1) is 12.4 Å². The van der Waals surface area contributed by atoms with Gasteiger partial charge in [0.05, 0.1) is 6.61 Å². The predicted molar refractivity (Wildman–Crippen MR) is 87.1 cm³/mol. The number of hydrogen-bond donors (Lipinski definition) is 2. The molecule has 1 aromatic carbocycles. The highest BCUT2D eigenvalue weighted by Gasteiger charge is 2.31. The molecule has 0 bridgehead atoms. The van der Waals surface area contributed by atoms with Crippen LogP contribution in [0.15, 0.2) is 24.3 Å². The Hall–Kier alpha value is -1.26. The van der Waals surface area contributed by atoms with Gasteiger partial charge in [0.15, 0.2) is 0 Å². The summed E-state index contributed by atoms with van der Waals surface area (Å²) in [5.74, 6) is 1.69. The van der Waals surface area contributed by atoms with E-state index in [2.05, 4.69) is 19.2 Å². The molecule has 118 valence electrons. The Morgan fingerprint density at radius 2 is 2.14 bits per heavy atom. The van der Waals surface area contributed by atoms with Crippen molar-refractivity contribution in [3.8, 4) is 5.75 Å². The van der Waals surface area contributed by atoms with E-state index in [0.717, 1.165) is 5.75 Å². The number of rotatable bonds is 7. The second kappa shape index (κ2) is 8.25. The highest BCUT2D eigenvalue weighted by molar-refractivity contribution is 5.94. The average Bonchev–Trinajstić information content (AvgIpc) is 3.27. The van der Waals surface area contributed by atoms with Gasteiger partial charge < -0.3 is 15.8 Å². The van der Waals surface area contributed by atoms with Crippen molar-refractivity contribution in [3.05, 3.63) is 29.8 Å². The first-order chi connectivity index (χ1) is 9.60. The van der Waals surface area contributed by atoms with Crippen LogP contribution in [0.25, 0.3) is 0 Å². The van der Waals surface area contributed by atoms with E-state index in [4.69, 9.17) is 10.5 Å². The van der Waals surface area contributed by atoms with Crippen molar-refractivity contribution in [2.75, 3.05) is 13.2 Å². The van der Waals surface area contributed by atoms with Crippen LogP contribution < -0.4 is 15.8 Å². The van der Waals surface area contributed by atoms with Gasteiger partial charge in [-0.3, -0.25) is 4.79 Å². The lowest BCUT2D eigenvalue weighted by atomic mass is 10.1. The molecule has 3 N–H and O–H groups in total. The normalized spacial score (nSPS) is 15.2. The van der Waals surface area contributed by atoms with Gasteiger partial charge in [-0.05, 0) is 42.9 Å². The number of nitrogens with two attached hydrogens (primary N) is 1. The molecule has 0 aromatic heterocycles. The zero-order chi connectivity index (χ0) is 14.5. The van der Waals surface area contributed by atoms with Crippen molar-refractivity contribution in [2.24, 2.45) is 17.6 Å². The molecule has 0 heterocycles. The Labute approximate surface area is 132 Å². The van der Waals surface area contributed by atoms with Crippen molar-refractivity contribution in [2.45, 2.75) is 32.7 Å². The standard InChI is InChI=1S/C16H24N2O2.ClH/c1-11(2)10-20-14-5-3-4-13(8-14)16(19)18-15(9-17)12-6-7-12;/h3-5,8,11-12,15H,6-7,9-10,17H2,1-2H3,(H,18,19);1H. The Kier molecular flexibility index (Phi) is 6.99. The second-order valence-corrected chi connectivity index (χ2v) is 5.89. The number of benzene rings is 1. The van der Waals surface area contributed by atoms with E-state index < -0.39 is 0 Å². The fourth-order valence-corrected chi connectivity index (χ4v) is 2.11. The molecule has 1 aliphatic carbocycles. The van der Waals surface area contributed by atoms with Crippen LogP contribution in [-0.2, 0) is 0 Å². The molecule has 0 aliphatic heterocycles. The van der Waals surface area contributed by atoms with Crippen molar-refractivity contribution < 1.29 is 9.53 Å². The summed E-state index contributed by atoms with van der Waals surface area (Å²) in [6, 6.07) is 7.42. The second-order valence-electron chi connectivity index (χ2n) is 5.89. The fourth-order valence-electron chi connectivity index (χ4n) is 2.11. The summed E-state index contributed by atoms with van der Waals surface area (Å²) in [5, 5.41) is 3.02. The molecular formula is C16H25ClN2O2. The van der Waals surface area contributed by atoms with E-state index in [1.54, 1.807) is 12.1 Å². The van der Waals surface area contributed by atoms with Crippen LogP contribution in [0.1, 0.15) is 37.0 Å². The summed E-state index contributed by atoms with van der Waals surface area (Å²) in [4.78, 5) is 12.2. The molecule has 1 saturated carbocycles. The average molecular weight is 313 g/mol. The lowest BCUT2D eigenvalue weighted by Gasteiger charge is -2.16. The molecule has 0 spiro atoms. The molecule has 21 heavy (non-hydrogen) atoms. The minimum absolute atomic E-state index is 0. The van der Waals surface area contributed by atoms with Crippen molar-refractivity contribution in [3.63, 3.8) is 0 Å². The van der Waals surface area contributed by atoms with Gasteiger partial charge in [0, 0.05) is 18.2 Å². The van der Waals surface area contributed by atoms with Gasteiger partial charge in [-0.25, -0.2) is 0 Å². The van der Waals surface area contributed by atoms with E-state index >= 15 is 0 Å². The Morgan fingerprint density at radius 3 is 2.71 bits per heavy atom. The van der Waals surface area contributed by atoms with Crippen LogP contribution in [-0.4, -0.2) is 25.1 Å². The summed E-state index contributed by atoms with van der Waals surface area (Å²) in [5.41, 5.74) is 6.34. The minimum Gasteiger partial charge on any atom is -0.493 e. The third kappa shape index (κ3) is 5.56. The molecule has 1 aromatic rings. The summed E-state index contributed by atoms with van der Waals surface area (Å²) in [6.45, 7) is 5.34. The largest absolute Gasteiger partial charge is 0.493 e. The number of carbonyl (C=O) groups excluding carboxylic acids is 1. The zero-order valence-corrected chi connectivity index (χ0v) is 13.5. The summed E-state index contributed by atoms with van der Waals surface area (Å²) >= 11 is 0. The highest BCUT2D eigenvalue weighted by Crippen LogP contribution is 2.32. The molecular weight excluding hydrogens is 288 g/mol. The first kappa shape index (κ1) is 17.8. The van der Waals surface area contributed by atoms with E-state index in [-0.39, 0.29) is 24.4 Å². The summed E-state index contributed by atoms with van der Waals surface area (Å²) in [6.07, 6.45) is 2.33. The number of amides is 1. The number of ether oxygens (including phenoxy) is 1. The van der Waals surface area contributed by atoms with E-state index in [1.807, 2.05) is 12.1 Å². The van der Waals surface area contributed by atoms with Crippen LogP contribution in [0.3, 0.4) is 0 Å². The van der Waals surface area contributed by atoms with Crippen LogP contribution in [0.5, 0.6) is 5.75 Å².